The van der Waals surface area contributed by atoms with E-state index in [1.807, 2.05) is 0 Å². The highest BCUT2D eigenvalue weighted by Gasteiger charge is 2.73. The SMILES string of the molecule is COC[C@H]1O[C@@H](O[C@@H]2OC[C@@H]3O[C@]4(O[C@H]3[C@H]2CC(=O)C(C)C)O[C@H](C)[C@@](O)(C(C)=O)[C@@H]2OCO[C@H]24)[C@@H](OC)[C@@H](O)[C@@H]1O[C@@H]1O[C@H](C)[C@H](OC)[C@H](O[C@@H]2O[C@H](C)[C@H]3OC4(C[C@@H](O)[C@H](O[C@H]5C[C@@H](O)[C@H](OC(=O)c6c(C)c(Cl)c(O)c(Cl)c6OC)[C@@H](C)O5)[C@@H](C)O4)O[C@]3(C)[C@@H]2O)[C@H]1O. The second-order valence-electron chi connectivity index (χ2n) is 26.7. The number of phenols is 1. The Labute approximate surface area is 563 Å². The monoisotopic (exact) mass is 1420 g/mol. The number of aliphatic hydroxyl groups is 6. The molecule has 10 aliphatic heterocycles. The third-order valence-electron chi connectivity index (χ3n) is 20.1. The number of fused-ring (bicyclic) bond motifs is 4. The van der Waals surface area contributed by atoms with Crippen LogP contribution in [0.2, 0.25) is 10.0 Å². The number of aliphatic hydroxyl groups excluding tert-OH is 5. The predicted molar refractivity (Wildman–Crippen MR) is 317 cm³/mol. The molecule has 0 radical (unpaired) electrons. The summed E-state index contributed by atoms with van der Waals surface area (Å²) in [6.07, 6.45) is -34.5. The highest BCUT2D eigenvalue weighted by Crippen LogP contribution is 2.54. The number of phenolic OH excluding ortho intramolecular Hbond substituents is 1. The van der Waals surface area contributed by atoms with E-state index in [0.29, 0.717) is 0 Å². The number of aromatic hydroxyl groups is 1. The van der Waals surface area contributed by atoms with E-state index in [1.165, 1.54) is 49.2 Å². The number of ether oxygens (including phenoxy) is 22. The van der Waals surface area contributed by atoms with Crippen molar-refractivity contribution in [1.29, 1.82) is 0 Å². The Balaban J connectivity index is 0.732. The summed E-state index contributed by atoms with van der Waals surface area (Å²) in [4.78, 5) is 40.1. The normalized spacial score (nSPS) is 47.8. The fourth-order valence-electron chi connectivity index (χ4n) is 14.9. The first-order valence-electron chi connectivity index (χ1n) is 32.1. The number of halogens is 2. The molecule has 11 rings (SSSR count). The van der Waals surface area contributed by atoms with Crippen molar-refractivity contribution in [2.45, 2.75) is 277 Å². The number of esters is 1. The van der Waals surface area contributed by atoms with Gasteiger partial charge in [0.05, 0.1) is 74.5 Å². The Bertz CT molecular complexity index is 2930. The summed E-state index contributed by atoms with van der Waals surface area (Å²) in [7, 11) is 5.30. The van der Waals surface area contributed by atoms with Gasteiger partial charge in [0.2, 0.25) is 0 Å². The van der Waals surface area contributed by atoms with Crippen LogP contribution in [0.4, 0.5) is 0 Å². The summed E-state index contributed by atoms with van der Waals surface area (Å²) in [6.45, 7) is 14.9. The molecule has 10 heterocycles. The van der Waals surface area contributed by atoms with Gasteiger partial charge in [-0.1, -0.05) is 37.0 Å². The highest BCUT2D eigenvalue weighted by atomic mass is 35.5. The smallest absolute Gasteiger partial charge is 0.342 e. The van der Waals surface area contributed by atoms with E-state index >= 15 is 0 Å². The second-order valence-corrected chi connectivity index (χ2v) is 27.5. The van der Waals surface area contributed by atoms with Crippen LogP contribution in [0.1, 0.15) is 97.5 Å². The van der Waals surface area contributed by atoms with Gasteiger partial charge in [0.15, 0.2) is 66.5 Å². The predicted octanol–water partition coefficient (Wildman–Crippen LogP) is 0.686. The van der Waals surface area contributed by atoms with Gasteiger partial charge in [0.1, 0.15) is 108 Å². The third-order valence-corrected chi connectivity index (χ3v) is 20.9. The van der Waals surface area contributed by atoms with Crippen molar-refractivity contribution >= 4 is 40.7 Å². The molecule has 10 saturated heterocycles. The average Bonchev–Trinajstić information content (AvgIpc) is 1.54. The van der Waals surface area contributed by atoms with E-state index in [2.05, 4.69) is 0 Å². The number of Topliss-reactive ketones (excluding diaryl/α,β-unsaturated/α-hetero) is 2. The molecule has 7 N–H and O–H groups in total. The summed E-state index contributed by atoms with van der Waals surface area (Å²) < 4.78 is 136. The molecule has 0 saturated carbocycles. The third kappa shape index (κ3) is 13.2. The lowest BCUT2D eigenvalue weighted by atomic mass is 9.81. The summed E-state index contributed by atoms with van der Waals surface area (Å²) in [5.41, 5.74) is -3.82. The van der Waals surface area contributed by atoms with Crippen LogP contribution in [0.15, 0.2) is 0 Å². The fourth-order valence-corrected chi connectivity index (χ4v) is 15.4. The van der Waals surface area contributed by atoms with Crippen molar-refractivity contribution in [2.75, 3.05) is 48.4 Å². The van der Waals surface area contributed by atoms with E-state index < -0.39 is 218 Å². The maximum Gasteiger partial charge on any atom is 0.342 e. The molecule has 10 fully saturated rings. The van der Waals surface area contributed by atoms with Crippen LogP contribution in [0.5, 0.6) is 11.5 Å². The van der Waals surface area contributed by atoms with E-state index in [1.54, 1.807) is 48.5 Å². The Hall–Kier alpha value is -2.83. The van der Waals surface area contributed by atoms with Gasteiger partial charge in [-0.3, -0.25) is 9.59 Å². The Kier molecular flexibility index (Phi) is 22.3. The molecule has 0 aromatic heterocycles. The summed E-state index contributed by atoms with van der Waals surface area (Å²) >= 11 is 12.5. The van der Waals surface area contributed by atoms with Crippen LogP contribution in [0.25, 0.3) is 0 Å². The van der Waals surface area contributed by atoms with Gasteiger partial charge in [-0.2, -0.15) is 0 Å². The molecule has 32 nitrogen and oxygen atoms in total. The van der Waals surface area contributed by atoms with Gasteiger partial charge in [-0.25, -0.2) is 4.79 Å². The van der Waals surface area contributed by atoms with Crippen LogP contribution >= 0.6 is 23.2 Å². The lowest BCUT2D eigenvalue weighted by molar-refractivity contribution is -0.428. The number of hydrogen-bond donors (Lipinski definition) is 7. The van der Waals surface area contributed by atoms with Crippen LogP contribution in [-0.2, 0) is 109 Å². The molecule has 544 valence electrons. The quantitative estimate of drug-likeness (QED) is 0.0937. The Morgan fingerprint density at radius 2 is 1.35 bits per heavy atom. The maximum atomic E-state index is 13.7. The number of carbonyl (C=O) groups is 3. The number of ketones is 2. The molecule has 32 atom stereocenters. The Morgan fingerprint density at radius 1 is 0.677 bits per heavy atom. The van der Waals surface area contributed by atoms with Crippen molar-refractivity contribution in [3.8, 4) is 11.5 Å². The molecule has 34 heteroatoms. The Morgan fingerprint density at radius 3 is 2.00 bits per heavy atom. The van der Waals surface area contributed by atoms with E-state index in [0.717, 1.165) is 0 Å². The number of carbonyl (C=O) groups excluding carboxylic acids is 3. The van der Waals surface area contributed by atoms with Crippen molar-refractivity contribution in [2.24, 2.45) is 11.8 Å². The van der Waals surface area contributed by atoms with Crippen LogP contribution in [0.3, 0.4) is 0 Å². The number of rotatable bonds is 19. The van der Waals surface area contributed by atoms with Crippen molar-refractivity contribution in [3.63, 3.8) is 0 Å². The number of benzene rings is 1. The number of hydrogen-bond acceptors (Lipinski definition) is 32. The first kappa shape index (κ1) is 74.4. The van der Waals surface area contributed by atoms with Crippen molar-refractivity contribution in [1.82, 2.24) is 0 Å². The summed E-state index contributed by atoms with van der Waals surface area (Å²) in [5, 5.41) is 81.5. The topological polar surface area (TPSA) is 396 Å². The molecule has 0 amide bonds. The van der Waals surface area contributed by atoms with E-state index in [4.69, 9.17) is 127 Å². The van der Waals surface area contributed by atoms with Crippen LogP contribution < -0.4 is 4.74 Å². The van der Waals surface area contributed by atoms with Crippen LogP contribution in [0, 0.1) is 18.8 Å². The largest absolute Gasteiger partial charge is 0.505 e. The molecule has 0 aliphatic carbocycles. The summed E-state index contributed by atoms with van der Waals surface area (Å²) in [6, 6.07) is 0. The lowest BCUT2D eigenvalue weighted by Gasteiger charge is -2.50. The van der Waals surface area contributed by atoms with Gasteiger partial charge in [-0.05, 0) is 61.0 Å². The molecule has 1 aromatic carbocycles. The number of methoxy groups -OCH3 is 4. The zero-order valence-electron chi connectivity index (χ0n) is 55.6. The zero-order chi connectivity index (χ0) is 69.7. The summed E-state index contributed by atoms with van der Waals surface area (Å²) in [5.74, 6) is -7.78. The van der Waals surface area contributed by atoms with E-state index in [9.17, 15) is 50.1 Å². The minimum atomic E-state index is -2.11. The van der Waals surface area contributed by atoms with Gasteiger partial charge >= 0.3 is 11.9 Å². The van der Waals surface area contributed by atoms with Crippen molar-refractivity contribution < 1.29 is 154 Å². The van der Waals surface area contributed by atoms with Gasteiger partial charge in [0.25, 0.3) is 5.97 Å². The highest BCUT2D eigenvalue weighted by molar-refractivity contribution is 6.39. The fraction of sp³-hybridized carbons (Fsp3) is 0.855. The standard InChI is InChI=1S/C62H90Cl2O32/c1-21(2)30(66)15-29-45-34(93-62(94-45)53-52(80-20-81-53)61(74,27(8)65)28(9)92-62)19-79-55(29)90-57-49(78-14)40(70)46(33(85-57)18-75-11)88-56-41(71)48(44(76-12)24(5)83-56)89-58-50(72)59(10)51(26(7)84-58)95-60(96-59)17-32(68)43(25(6)91-60)86-35-16-31(67)42(23(4)82-35)87-54(73)36-22(3)37(63)39(69)38(64)47(36)77-13/h21,23-26,28-29,31-35,40-46,48-53,55-58,67-72,74H,15-20H2,1-14H3/t23-,24-,25-,26-,28-,29-,31-,32-,33-,34+,35+,40+,41-,42-,43-,44+,45+,46-,48-,49+,50-,51-,52-,53-,55+,56+,57+,58+,59-,60?,61+,62-/m1/s1. The molecule has 2 spiro atoms. The van der Waals surface area contributed by atoms with E-state index in [-0.39, 0.29) is 72.0 Å². The first-order valence-corrected chi connectivity index (χ1v) is 32.9. The second kappa shape index (κ2) is 28.8. The van der Waals surface area contributed by atoms with Crippen LogP contribution in [-0.4, -0.2) is 291 Å². The van der Waals surface area contributed by atoms with Gasteiger partial charge in [-0.15, -0.1) is 0 Å². The molecule has 1 unspecified atom stereocenters. The molecular formula is C62H90Cl2O32. The van der Waals surface area contributed by atoms with Gasteiger partial charge < -0.3 is 140 Å². The average molecular weight is 1420 g/mol. The minimum Gasteiger partial charge on any atom is -0.505 e. The lowest BCUT2D eigenvalue weighted by Crippen LogP contribution is -2.72. The minimum absolute atomic E-state index is 0.124. The first-order chi connectivity index (χ1) is 45.3. The molecule has 96 heavy (non-hydrogen) atoms. The molecular weight excluding hydrogens is 1330 g/mol. The molecule has 1 aromatic rings. The maximum absolute atomic E-state index is 13.7. The molecule has 10 aliphatic rings. The molecule has 0 bridgehead atoms. The zero-order valence-corrected chi connectivity index (χ0v) is 57.1. The van der Waals surface area contributed by atoms with Crippen molar-refractivity contribution in [3.05, 3.63) is 21.2 Å². The van der Waals surface area contributed by atoms with Gasteiger partial charge in [0, 0.05) is 46.0 Å².